The number of rotatable bonds is 3. The summed E-state index contributed by atoms with van der Waals surface area (Å²) in [6, 6.07) is 10.1. The van der Waals surface area contributed by atoms with Gasteiger partial charge in [-0.3, -0.25) is 0 Å². The van der Waals surface area contributed by atoms with Gasteiger partial charge in [0.1, 0.15) is 18.0 Å². The predicted molar refractivity (Wildman–Crippen MR) is 77.6 cm³/mol. The Morgan fingerprint density at radius 1 is 1.05 bits per heavy atom. The lowest BCUT2D eigenvalue weighted by atomic mass is 10.2. The zero-order chi connectivity index (χ0) is 13.1. The Balaban J connectivity index is 1.72. The summed E-state index contributed by atoms with van der Waals surface area (Å²) in [6.45, 7) is 2.32. The van der Waals surface area contributed by atoms with E-state index in [1.165, 1.54) is 24.9 Å². The first-order valence-corrected chi connectivity index (χ1v) is 6.51. The van der Waals surface area contributed by atoms with Crippen molar-refractivity contribution in [3.05, 3.63) is 36.7 Å². The number of anilines is 4. The van der Waals surface area contributed by atoms with Crippen molar-refractivity contribution < 1.29 is 0 Å². The first kappa shape index (κ1) is 11.8. The summed E-state index contributed by atoms with van der Waals surface area (Å²) in [7, 11) is 0. The molecule has 3 rings (SSSR count). The van der Waals surface area contributed by atoms with Gasteiger partial charge in [0.2, 0.25) is 0 Å². The van der Waals surface area contributed by atoms with E-state index in [0.717, 1.165) is 18.8 Å². The first-order valence-electron chi connectivity index (χ1n) is 6.51. The molecule has 1 aromatic carbocycles. The number of benzene rings is 1. The molecule has 5 heteroatoms. The maximum Gasteiger partial charge on any atom is 0.135 e. The van der Waals surface area contributed by atoms with Gasteiger partial charge in [-0.1, -0.05) is 0 Å². The smallest absolute Gasteiger partial charge is 0.135 e. The molecule has 19 heavy (non-hydrogen) atoms. The van der Waals surface area contributed by atoms with E-state index < -0.39 is 0 Å². The van der Waals surface area contributed by atoms with E-state index in [1.54, 1.807) is 6.07 Å². The normalized spacial score (nSPS) is 14.6. The molecule has 5 nitrogen and oxygen atoms in total. The molecule has 0 amide bonds. The first-order chi connectivity index (χ1) is 9.31. The van der Waals surface area contributed by atoms with Crippen LogP contribution in [0.4, 0.5) is 23.0 Å². The third-order valence-corrected chi connectivity index (χ3v) is 3.30. The molecule has 1 fully saturated rings. The van der Waals surface area contributed by atoms with Crippen molar-refractivity contribution in [3.8, 4) is 0 Å². The van der Waals surface area contributed by atoms with Crippen LogP contribution >= 0.6 is 0 Å². The average molecular weight is 255 g/mol. The number of hydrogen-bond acceptors (Lipinski definition) is 5. The molecule has 1 aliphatic rings. The van der Waals surface area contributed by atoms with Crippen LogP contribution < -0.4 is 16.0 Å². The van der Waals surface area contributed by atoms with Crippen LogP contribution in [0.2, 0.25) is 0 Å². The maximum absolute atomic E-state index is 5.62. The predicted octanol–water partition coefficient (Wildman–Crippen LogP) is 2.40. The molecular formula is C14H17N5. The number of aromatic nitrogens is 2. The molecule has 0 saturated carbocycles. The van der Waals surface area contributed by atoms with E-state index in [0.29, 0.717) is 11.6 Å². The third kappa shape index (κ3) is 2.76. The van der Waals surface area contributed by atoms with Crippen LogP contribution in [-0.2, 0) is 0 Å². The fourth-order valence-corrected chi connectivity index (χ4v) is 2.32. The van der Waals surface area contributed by atoms with Crippen LogP contribution in [0.3, 0.4) is 0 Å². The van der Waals surface area contributed by atoms with Gasteiger partial charge >= 0.3 is 0 Å². The van der Waals surface area contributed by atoms with Crippen molar-refractivity contribution in [3.63, 3.8) is 0 Å². The molecule has 98 valence electrons. The highest BCUT2D eigenvalue weighted by atomic mass is 15.1. The second-order valence-electron chi connectivity index (χ2n) is 4.69. The summed E-state index contributed by atoms with van der Waals surface area (Å²) >= 11 is 0. The highest BCUT2D eigenvalue weighted by molar-refractivity contribution is 5.62. The standard InChI is InChI=1S/C14H17N5/c15-13-9-14(17-10-16-13)18-11-3-5-12(6-4-11)19-7-1-2-8-19/h3-6,9-10H,1-2,7-8H2,(H3,15,16,17,18). The fourth-order valence-electron chi connectivity index (χ4n) is 2.32. The minimum atomic E-state index is 0.464. The molecule has 0 atom stereocenters. The molecule has 0 radical (unpaired) electrons. The Morgan fingerprint density at radius 3 is 2.47 bits per heavy atom. The van der Waals surface area contributed by atoms with Gasteiger partial charge in [0.05, 0.1) is 0 Å². The second-order valence-corrected chi connectivity index (χ2v) is 4.69. The van der Waals surface area contributed by atoms with Crippen molar-refractivity contribution in [2.75, 3.05) is 29.0 Å². The van der Waals surface area contributed by atoms with Gasteiger partial charge in [-0.15, -0.1) is 0 Å². The molecule has 1 saturated heterocycles. The van der Waals surface area contributed by atoms with E-state index >= 15 is 0 Å². The van der Waals surface area contributed by atoms with Crippen molar-refractivity contribution in [1.82, 2.24) is 9.97 Å². The molecular weight excluding hydrogens is 238 g/mol. The largest absolute Gasteiger partial charge is 0.384 e. The highest BCUT2D eigenvalue weighted by Gasteiger charge is 2.11. The minimum absolute atomic E-state index is 0.464. The van der Waals surface area contributed by atoms with Gasteiger partial charge in [-0.05, 0) is 37.1 Å². The summed E-state index contributed by atoms with van der Waals surface area (Å²) < 4.78 is 0. The van der Waals surface area contributed by atoms with Crippen LogP contribution in [0.15, 0.2) is 36.7 Å². The summed E-state index contributed by atoms with van der Waals surface area (Å²) in [5, 5.41) is 3.21. The SMILES string of the molecule is Nc1cc(Nc2ccc(N3CCCC3)cc2)ncn1. The van der Waals surface area contributed by atoms with Gasteiger partial charge in [0.25, 0.3) is 0 Å². The van der Waals surface area contributed by atoms with Gasteiger partial charge in [-0.25, -0.2) is 9.97 Å². The lowest BCUT2D eigenvalue weighted by molar-refractivity contribution is 0.949. The molecule has 1 aromatic heterocycles. The Labute approximate surface area is 112 Å². The zero-order valence-electron chi connectivity index (χ0n) is 10.7. The molecule has 0 aliphatic carbocycles. The van der Waals surface area contributed by atoms with Gasteiger partial charge < -0.3 is 16.0 Å². The molecule has 2 aromatic rings. The van der Waals surface area contributed by atoms with E-state index in [2.05, 4.69) is 44.5 Å². The van der Waals surface area contributed by atoms with Crippen molar-refractivity contribution in [1.29, 1.82) is 0 Å². The van der Waals surface area contributed by atoms with Gasteiger partial charge in [0, 0.05) is 30.5 Å². The van der Waals surface area contributed by atoms with Crippen LogP contribution in [0.5, 0.6) is 0 Å². The summed E-state index contributed by atoms with van der Waals surface area (Å²) in [5.74, 6) is 1.17. The fraction of sp³-hybridized carbons (Fsp3) is 0.286. The summed E-state index contributed by atoms with van der Waals surface area (Å²) in [4.78, 5) is 10.4. The van der Waals surface area contributed by atoms with Crippen molar-refractivity contribution in [2.45, 2.75) is 12.8 Å². The molecule has 2 heterocycles. The topological polar surface area (TPSA) is 67.1 Å². The van der Waals surface area contributed by atoms with Crippen LogP contribution in [0.1, 0.15) is 12.8 Å². The number of nitrogens with zero attached hydrogens (tertiary/aromatic N) is 3. The Morgan fingerprint density at radius 2 is 1.79 bits per heavy atom. The molecule has 0 bridgehead atoms. The average Bonchev–Trinajstić information content (AvgIpc) is 2.94. The van der Waals surface area contributed by atoms with Crippen molar-refractivity contribution >= 4 is 23.0 Å². The van der Waals surface area contributed by atoms with E-state index in [4.69, 9.17) is 5.73 Å². The number of hydrogen-bond donors (Lipinski definition) is 2. The molecule has 1 aliphatic heterocycles. The Bertz CT molecular complexity index is 546. The van der Waals surface area contributed by atoms with Crippen LogP contribution in [0.25, 0.3) is 0 Å². The van der Waals surface area contributed by atoms with Crippen molar-refractivity contribution in [2.24, 2.45) is 0 Å². The molecule has 0 unspecified atom stereocenters. The second kappa shape index (κ2) is 5.14. The number of nitrogens with one attached hydrogen (secondary N) is 1. The lowest BCUT2D eigenvalue weighted by Crippen LogP contribution is -2.17. The lowest BCUT2D eigenvalue weighted by Gasteiger charge is -2.17. The Hall–Kier alpha value is -2.30. The van der Waals surface area contributed by atoms with Crippen LogP contribution in [-0.4, -0.2) is 23.1 Å². The van der Waals surface area contributed by atoms with Crippen LogP contribution in [0, 0.1) is 0 Å². The molecule has 3 N–H and O–H groups in total. The number of nitrogens with two attached hydrogens (primary N) is 1. The van der Waals surface area contributed by atoms with E-state index in [1.807, 2.05) is 0 Å². The summed E-state index contributed by atoms with van der Waals surface area (Å²) in [5.41, 5.74) is 7.90. The van der Waals surface area contributed by atoms with Gasteiger partial charge in [0.15, 0.2) is 0 Å². The minimum Gasteiger partial charge on any atom is -0.384 e. The zero-order valence-corrected chi connectivity index (χ0v) is 10.7. The highest BCUT2D eigenvalue weighted by Crippen LogP contribution is 2.23. The van der Waals surface area contributed by atoms with E-state index in [9.17, 15) is 0 Å². The van der Waals surface area contributed by atoms with Gasteiger partial charge in [-0.2, -0.15) is 0 Å². The Kier molecular flexibility index (Phi) is 3.18. The monoisotopic (exact) mass is 255 g/mol. The number of nitrogen functional groups attached to an aromatic ring is 1. The summed E-state index contributed by atoms with van der Waals surface area (Å²) in [6.07, 6.45) is 4.04. The third-order valence-electron chi connectivity index (χ3n) is 3.30. The van der Waals surface area contributed by atoms with E-state index in [-0.39, 0.29) is 0 Å². The quantitative estimate of drug-likeness (QED) is 0.881. The maximum atomic E-state index is 5.62. The molecule has 0 spiro atoms.